The van der Waals surface area contributed by atoms with Gasteiger partial charge >= 0.3 is 0 Å². The van der Waals surface area contributed by atoms with Crippen molar-refractivity contribution in [3.05, 3.63) is 17.6 Å². The topological polar surface area (TPSA) is 63.3 Å². The molecule has 1 N–H and O–H groups in total. The fraction of sp³-hybridized carbons (Fsp3) is 0.286. The lowest BCUT2D eigenvalue weighted by Gasteiger charge is -1.95. The number of halogens is 1. The van der Waals surface area contributed by atoms with Gasteiger partial charge in [0.15, 0.2) is 12.5 Å². The van der Waals surface area contributed by atoms with Crippen molar-refractivity contribution in [3.8, 4) is 5.88 Å². The standard InChI is InChI=1S/C7H7FN4O/c1-4-2-6(13)12-7(9-4)10-5(3-8)11-12/h2,13H,3H2,1H3. The van der Waals surface area contributed by atoms with Gasteiger partial charge in [-0.3, -0.25) is 0 Å². The van der Waals surface area contributed by atoms with E-state index in [1.165, 1.54) is 6.07 Å². The molecule has 0 aliphatic carbocycles. The zero-order chi connectivity index (χ0) is 9.42. The molecule has 13 heavy (non-hydrogen) atoms. The lowest BCUT2D eigenvalue weighted by Crippen LogP contribution is -1.93. The van der Waals surface area contributed by atoms with E-state index >= 15 is 0 Å². The highest BCUT2D eigenvalue weighted by Gasteiger charge is 2.07. The Labute approximate surface area is 72.9 Å². The van der Waals surface area contributed by atoms with Gasteiger partial charge in [-0.1, -0.05) is 0 Å². The summed E-state index contributed by atoms with van der Waals surface area (Å²) in [6.45, 7) is 0.950. The van der Waals surface area contributed by atoms with Crippen molar-refractivity contribution in [3.63, 3.8) is 0 Å². The number of hydrogen-bond acceptors (Lipinski definition) is 4. The molecule has 68 valence electrons. The molecule has 0 radical (unpaired) electrons. The minimum Gasteiger partial charge on any atom is -0.493 e. The van der Waals surface area contributed by atoms with E-state index in [4.69, 9.17) is 0 Å². The van der Waals surface area contributed by atoms with Gasteiger partial charge in [0.1, 0.15) is 0 Å². The second-order valence-corrected chi connectivity index (χ2v) is 2.63. The van der Waals surface area contributed by atoms with Crippen molar-refractivity contribution in [2.75, 3.05) is 0 Å². The molecule has 6 heteroatoms. The Morgan fingerprint density at radius 1 is 1.54 bits per heavy atom. The summed E-state index contributed by atoms with van der Waals surface area (Å²) in [6.07, 6.45) is 0. The molecule has 0 saturated heterocycles. The molecule has 0 bridgehead atoms. The Balaban J connectivity index is 2.75. The molecule has 0 aliphatic rings. The first kappa shape index (κ1) is 7.90. The minimum atomic E-state index is -0.762. The average Bonchev–Trinajstić information content (AvgIpc) is 2.47. The Morgan fingerprint density at radius 2 is 2.31 bits per heavy atom. The van der Waals surface area contributed by atoms with E-state index in [1.54, 1.807) is 6.92 Å². The van der Waals surface area contributed by atoms with Crippen LogP contribution in [0.4, 0.5) is 4.39 Å². The monoisotopic (exact) mass is 182 g/mol. The maximum Gasteiger partial charge on any atom is 0.255 e. The van der Waals surface area contributed by atoms with Crippen LogP contribution in [0.2, 0.25) is 0 Å². The van der Waals surface area contributed by atoms with Crippen LogP contribution in [0, 0.1) is 6.92 Å². The molecule has 0 spiro atoms. The molecule has 0 aromatic carbocycles. The number of aromatic nitrogens is 4. The third-order valence-corrected chi connectivity index (χ3v) is 1.58. The second-order valence-electron chi connectivity index (χ2n) is 2.63. The lowest BCUT2D eigenvalue weighted by atomic mass is 10.4. The Kier molecular flexibility index (Phi) is 1.61. The number of aryl methyl sites for hydroxylation is 1. The van der Waals surface area contributed by atoms with E-state index in [0.29, 0.717) is 5.69 Å². The first-order valence-electron chi connectivity index (χ1n) is 3.69. The molecule has 0 aliphatic heterocycles. The number of nitrogens with zero attached hydrogens (tertiary/aromatic N) is 4. The smallest absolute Gasteiger partial charge is 0.255 e. The summed E-state index contributed by atoms with van der Waals surface area (Å²) >= 11 is 0. The molecular formula is C7H7FN4O. The van der Waals surface area contributed by atoms with Crippen molar-refractivity contribution in [2.24, 2.45) is 0 Å². The van der Waals surface area contributed by atoms with Crippen LogP contribution in [0.15, 0.2) is 6.07 Å². The quantitative estimate of drug-likeness (QED) is 0.701. The Hall–Kier alpha value is -1.72. The summed E-state index contributed by atoms with van der Waals surface area (Å²) < 4.78 is 13.2. The summed E-state index contributed by atoms with van der Waals surface area (Å²) in [7, 11) is 0. The fourth-order valence-electron chi connectivity index (χ4n) is 1.07. The van der Waals surface area contributed by atoms with Gasteiger partial charge in [0, 0.05) is 11.8 Å². The molecule has 2 rings (SSSR count). The summed E-state index contributed by atoms with van der Waals surface area (Å²) in [5.41, 5.74) is 0.614. The zero-order valence-electron chi connectivity index (χ0n) is 6.90. The van der Waals surface area contributed by atoms with E-state index in [9.17, 15) is 9.50 Å². The number of aromatic hydroxyl groups is 1. The fourth-order valence-corrected chi connectivity index (χ4v) is 1.07. The van der Waals surface area contributed by atoms with E-state index in [0.717, 1.165) is 4.52 Å². The van der Waals surface area contributed by atoms with Gasteiger partial charge in [0.05, 0.1) is 0 Å². The minimum absolute atomic E-state index is 0.0217. The Bertz CT molecular complexity index is 453. The highest BCUT2D eigenvalue weighted by molar-refractivity contribution is 5.33. The third-order valence-electron chi connectivity index (χ3n) is 1.58. The molecule has 0 unspecified atom stereocenters. The van der Waals surface area contributed by atoms with Gasteiger partial charge in [-0.15, -0.1) is 5.10 Å². The van der Waals surface area contributed by atoms with Gasteiger partial charge in [-0.25, -0.2) is 9.37 Å². The van der Waals surface area contributed by atoms with E-state index < -0.39 is 6.67 Å². The largest absolute Gasteiger partial charge is 0.493 e. The van der Waals surface area contributed by atoms with Crippen LogP contribution in [0.5, 0.6) is 5.88 Å². The van der Waals surface area contributed by atoms with Crippen molar-refractivity contribution < 1.29 is 9.50 Å². The van der Waals surface area contributed by atoms with E-state index in [-0.39, 0.29) is 17.5 Å². The van der Waals surface area contributed by atoms with Gasteiger partial charge in [-0.05, 0) is 6.92 Å². The van der Waals surface area contributed by atoms with Crippen molar-refractivity contribution in [1.82, 2.24) is 19.6 Å². The van der Waals surface area contributed by atoms with Crippen LogP contribution in [-0.2, 0) is 6.67 Å². The Morgan fingerprint density at radius 3 is 3.00 bits per heavy atom. The maximum absolute atomic E-state index is 12.1. The molecule has 2 heterocycles. The predicted octanol–water partition coefficient (Wildman–Crippen LogP) is 0.608. The second kappa shape index (κ2) is 2.65. The molecule has 5 nitrogen and oxygen atoms in total. The number of fused-ring (bicyclic) bond motifs is 1. The first-order valence-corrected chi connectivity index (χ1v) is 3.69. The summed E-state index contributed by atoms with van der Waals surface area (Å²) in [4.78, 5) is 7.73. The SMILES string of the molecule is Cc1cc(O)n2nc(CF)nc2n1. The van der Waals surface area contributed by atoms with Crippen LogP contribution in [0.3, 0.4) is 0 Å². The highest BCUT2D eigenvalue weighted by Crippen LogP contribution is 2.11. The number of rotatable bonds is 1. The number of hydrogen-bond donors (Lipinski definition) is 1. The molecule has 0 fully saturated rings. The normalized spacial score (nSPS) is 10.9. The lowest BCUT2D eigenvalue weighted by molar-refractivity contribution is 0.428. The third kappa shape index (κ3) is 1.20. The maximum atomic E-state index is 12.1. The van der Waals surface area contributed by atoms with E-state index in [1.807, 2.05) is 0 Å². The summed E-state index contributed by atoms with van der Waals surface area (Å²) in [5, 5.41) is 13.0. The molecule has 2 aromatic rings. The molecule has 2 aromatic heterocycles. The van der Waals surface area contributed by atoms with Crippen LogP contribution in [-0.4, -0.2) is 24.7 Å². The van der Waals surface area contributed by atoms with Crippen LogP contribution in [0.25, 0.3) is 5.78 Å². The van der Waals surface area contributed by atoms with Crippen molar-refractivity contribution in [2.45, 2.75) is 13.6 Å². The molecular weight excluding hydrogens is 175 g/mol. The highest BCUT2D eigenvalue weighted by atomic mass is 19.1. The summed E-state index contributed by atoms with van der Waals surface area (Å²) in [5.74, 6) is 0.147. The van der Waals surface area contributed by atoms with Crippen LogP contribution < -0.4 is 0 Å². The molecule has 0 amide bonds. The molecule has 0 atom stereocenters. The van der Waals surface area contributed by atoms with Gasteiger partial charge in [-0.2, -0.15) is 9.50 Å². The van der Waals surface area contributed by atoms with Gasteiger partial charge in [0.25, 0.3) is 5.78 Å². The summed E-state index contributed by atoms with van der Waals surface area (Å²) in [6, 6.07) is 1.43. The van der Waals surface area contributed by atoms with Crippen molar-refractivity contribution >= 4 is 5.78 Å². The van der Waals surface area contributed by atoms with Gasteiger partial charge in [0.2, 0.25) is 5.88 Å². The first-order chi connectivity index (χ1) is 6.20. The van der Waals surface area contributed by atoms with Crippen molar-refractivity contribution in [1.29, 1.82) is 0 Å². The van der Waals surface area contributed by atoms with Crippen LogP contribution >= 0.6 is 0 Å². The van der Waals surface area contributed by atoms with Crippen LogP contribution in [0.1, 0.15) is 11.5 Å². The zero-order valence-corrected chi connectivity index (χ0v) is 6.90. The number of alkyl halides is 1. The van der Waals surface area contributed by atoms with Gasteiger partial charge < -0.3 is 5.11 Å². The predicted molar refractivity (Wildman–Crippen MR) is 42.0 cm³/mol. The van der Waals surface area contributed by atoms with E-state index in [2.05, 4.69) is 15.1 Å². The molecule has 0 saturated carbocycles. The average molecular weight is 182 g/mol.